The Bertz CT molecular complexity index is 409. The van der Waals surface area contributed by atoms with E-state index < -0.39 is 5.97 Å². The minimum absolute atomic E-state index is 0.00324. The normalized spacial score (nSPS) is 10.1. The van der Waals surface area contributed by atoms with E-state index in [-0.39, 0.29) is 12.0 Å². The Balaban J connectivity index is 2.96. The van der Waals surface area contributed by atoms with E-state index in [4.69, 9.17) is 5.11 Å². The zero-order valence-electron chi connectivity index (χ0n) is 8.13. The van der Waals surface area contributed by atoms with Gasteiger partial charge >= 0.3 is 5.97 Å². The highest BCUT2D eigenvalue weighted by atomic mass is 16.4. The molecular formula is C9H12N2O3. The first-order valence-electron chi connectivity index (χ1n) is 4.29. The van der Waals surface area contributed by atoms with E-state index >= 15 is 0 Å². The van der Waals surface area contributed by atoms with Crippen molar-refractivity contribution in [1.29, 1.82) is 0 Å². The maximum atomic E-state index is 11.3. The lowest BCUT2D eigenvalue weighted by Crippen LogP contribution is -2.17. The molecular weight excluding hydrogens is 184 g/mol. The van der Waals surface area contributed by atoms with Gasteiger partial charge in [-0.2, -0.15) is 0 Å². The summed E-state index contributed by atoms with van der Waals surface area (Å²) in [6.07, 6.45) is 0.294. The number of carboxylic acid groups (broad SMARTS) is 1. The van der Waals surface area contributed by atoms with Gasteiger partial charge in [-0.05, 0) is 13.8 Å². The molecule has 76 valence electrons. The molecule has 0 saturated heterocycles. The Hall–Kier alpha value is -1.65. The zero-order chi connectivity index (χ0) is 10.7. The van der Waals surface area contributed by atoms with Crippen LogP contribution in [0.1, 0.15) is 23.5 Å². The topological polar surface area (TPSA) is 83.0 Å². The summed E-state index contributed by atoms with van der Waals surface area (Å²) in [6, 6.07) is 0. The fourth-order valence-corrected chi connectivity index (χ4v) is 1.17. The number of carboxylic acids is 1. The molecule has 1 aromatic heterocycles. The standard InChI is InChI=1S/C9H12N2O3/c1-5-7(3-4-8(12)13)10-6(2)11-9(5)14/h3-4H2,1-2H3,(H,12,13)(H,10,11,14). The van der Waals surface area contributed by atoms with Crippen LogP contribution < -0.4 is 5.56 Å². The SMILES string of the molecule is Cc1nc(CCC(=O)O)c(C)c(=O)[nH]1. The molecule has 0 saturated carbocycles. The molecule has 2 N–H and O–H groups in total. The van der Waals surface area contributed by atoms with Gasteiger partial charge in [0.2, 0.25) is 0 Å². The highest BCUT2D eigenvalue weighted by Gasteiger charge is 2.07. The van der Waals surface area contributed by atoms with Crippen LogP contribution in [0.4, 0.5) is 0 Å². The third kappa shape index (κ3) is 2.42. The number of nitrogens with one attached hydrogen (secondary N) is 1. The Morgan fingerprint density at radius 2 is 2.14 bits per heavy atom. The van der Waals surface area contributed by atoms with Crippen LogP contribution in [0.15, 0.2) is 4.79 Å². The predicted octanol–water partition coefficient (Wildman–Crippen LogP) is 0.404. The van der Waals surface area contributed by atoms with Crippen LogP contribution in [0.2, 0.25) is 0 Å². The van der Waals surface area contributed by atoms with E-state index in [1.807, 2.05) is 0 Å². The van der Waals surface area contributed by atoms with Crippen molar-refractivity contribution in [1.82, 2.24) is 9.97 Å². The van der Waals surface area contributed by atoms with Crippen LogP contribution in [0.25, 0.3) is 0 Å². The van der Waals surface area contributed by atoms with E-state index in [0.29, 0.717) is 23.5 Å². The second-order valence-corrected chi connectivity index (χ2v) is 3.12. The first-order valence-corrected chi connectivity index (χ1v) is 4.29. The predicted molar refractivity (Wildman–Crippen MR) is 50.3 cm³/mol. The molecule has 0 fully saturated rings. The lowest BCUT2D eigenvalue weighted by atomic mass is 10.1. The molecule has 1 rings (SSSR count). The van der Waals surface area contributed by atoms with Crippen LogP contribution in [-0.4, -0.2) is 21.0 Å². The average molecular weight is 196 g/mol. The zero-order valence-corrected chi connectivity index (χ0v) is 8.13. The van der Waals surface area contributed by atoms with Crippen LogP contribution in [0.3, 0.4) is 0 Å². The minimum atomic E-state index is -0.885. The van der Waals surface area contributed by atoms with Gasteiger partial charge in [0.25, 0.3) is 5.56 Å². The summed E-state index contributed by atoms with van der Waals surface area (Å²) in [6.45, 7) is 3.31. The Labute approximate surface area is 80.8 Å². The summed E-state index contributed by atoms with van der Waals surface area (Å²) in [5, 5.41) is 8.49. The number of nitrogens with zero attached hydrogens (tertiary/aromatic N) is 1. The molecule has 0 bridgehead atoms. The first kappa shape index (κ1) is 10.4. The van der Waals surface area contributed by atoms with Crippen molar-refractivity contribution in [2.75, 3.05) is 0 Å². The van der Waals surface area contributed by atoms with Gasteiger partial charge in [0, 0.05) is 12.0 Å². The van der Waals surface area contributed by atoms with Crippen molar-refractivity contribution in [3.63, 3.8) is 0 Å². The summed E-state index contributed by atoms with van der Waals surface area (Å²) in [5.41, 5.74) is 0.864. The fraction of sp³-hybridized carbons (Fsp3) is 0.444. The second kappa shape index (κ2) is 4.04. The average Bonchev–Trinajstić information content (AvgIpc) is 2.08. The molecule has 0 radical (unpaired) electrons. The van der Waals surface area contributed by atoms with Crippen molar-refractivity contribution >= 4 is 5.97 Å². The number of aryl methyl sites for hydroxylation is 2. The van der Waals surface area contributed by atoms with Gasteiger partial charge in [0.05, 0.1) is 12.1 Å². The molecule has 0 aliphatic carbocycles. The van der Waals surface area contributed by atoms with Crippen LogP contribution in [-0.2, 0) is 11.2 Å². The number of aromatic nitrogens is 2. The smallest absolute Gasteiger partial charge is 0.303 e. The molecule has 5 nitrogen and oxygen atoms in total. The number of aliphatic carboxylic acids is 1. The summed E-state index contributed by atoms with van der Waals surface area (Å²) in [7, 11) is 0. The minimum Gasteiger partial charge on any atom is -0.481 e. The summed E-state index contributed by atoms with van der Waals surface area (Å²) in [4.78, 5) is 28.2. The van der Waals surface area contributed by atoms with Crippen molar-refractivity contribution in [3.05, 3.63) is 27.4 Å². The van der Waals surface area contributed by atoms with Gasteiger partial charge in [0.15, 0.2) is 0 Å². The third-order valence-corrected chi connectivity index (χ3v) is 1.95. The maximum absolute atomic E-state index is 11.3. The number of H-pyrrole nitrogens is 1. The molecule has 0 atom stereocenters. The van der Waals surface area contributed by atoms with Gasteiger partial charge < -0.3 is 10.1 Å². The fourth-order valence-electron chi connectivity index (χ4n) is 1.17. The molecule has 0 aromatic carbocycles. The molecule has 1 aromatic rings. The first-order chi connectivity index (χ1) is 6.50. The van der Waals surface area contributed by atoms with Crippen LogP contribution >= 0.6 is 0 Å². The molecule has 1 heterocycles. The summed E-state index contributed by atoms with van der Waals surface area (Å²) >= 11 is 0. The summed E-state index contributed by atoms with van der Waals surface area (Å²) < 4.78 is 0. The third-order valence-electron chi connectivity index (χ3n) is 1.95. The number of rotatable bonds is 3. The quantitative estimate of drug-likeness (QED) is 0.733. The summed E-state index contributed by atoms with van der Waals surface area (Å²) in [5.74, 6) is -0.370. The van der Waals surface area contributed by atoms with Crippen molar-refractivity contribution < 1.29 is 9.90 Å². The number of hydrogen-bond acceptors (Lipinski definition) is 3. The van der Waals surface area contributed by atoms with Gasteiger partial charge in [-0.25, -0.2) is 4.98 Å². The monoisotopic (exact) mass is 196 g/mol. The molecule has 0 aliphatic heterocycles. The van der Waals surface area contributed by atoms with Crippen molar-refractivity contribution in [3.8, 4) is 0 Å². The number of carbonyl (C=O) groups is 1. The van der Waals surface area contributed by atoms with E-state index in [0.717, 1.165) is 0 Å². The van der Waals surface area contributed by atoms with Crippen molar-refractivity contribution in [2.45, 2.75) is 26.7 Å². The molecule has 0 spiro atoms. The van der Waals surface area contributed by atoms with Gasteiger partial charge in [0.1, 0.15) is 5.82 Å². The highest BCUT2D eigenvalue weighted by Crippen LogP contribution is 2.02. The van der Waals surface area contributed by atoms with E-state index in [2.05, 4.69) is 9.97 Å². The van der Waals surface area contributed by atoms with E-state index in [1.54, 1.807) is 13.8 Å². The largest absolute Gasteiger partial charge is 0.481 e. The molecule has 5 heteroatoms. The van der Waals surface area contributed by atoms with Crippen LogP contribution in [0.5, 0.6) is 0 Å². The maximum Gasteiger partial charge on any atom is 0.303 e. The Morgan fingerprint density at radius 1 is 1.50 bits per heavy atom. The van der Waals surface area contributed by atoms with Gasteiger partial charge in [-0.15, -0.1) is 0 Å². The lowest BCUT2D eigenvalue weighted by molar-refractivity contribution is -0.136. The molecule has 0 unspecified atom stereocenters. The number of aromatic amines is 1. The Kier molecular flexibility index (Phi) is 3.01. The highest BCUT2D eigenvalue weighted by molar-refractivity contribution is 5.67. The van der Waals surface area contributed by atoms with E-state index in [9.17, 15) is 9.59 Å². The van der Waals surface area contributed by atoms with Gasteiger partial charge in [-0.3, -0.25) is 9.59 Å². The van der Waals surface area contributed by atoms with Crippen LogP contribution in [0, 0.1) is 13.8 Å². The second-order valence-electron chi connectivity index (χ2n) is 3.12. The molecule has 0 amide bonds. The van der Waals surface area contributed by atoms with Crippen molar-refractivity contribution in [2.24, 2.45) is 0 Å². The number of hydrogen-bond donors (Lipinski definition) is 2. The Morgan fingerprint density at radius 3 is 2.71 bits per heavy atom. The van der Waals surface area contributed by atoms with E-state index in [1.165, 1.54) is 0 Å². The molecule has 0 aliphatic rings. The van der Waals surface area contributed by atoms with Gasteiger partial charge in [-0.1, -0.05) is 0 Å². The lowest BCUT2D eigenvalue weighted by Gasteiger charge is -2.03. The molecule has 14 heavy (non-hydrogen) atoms.